The summed E-state index contributed by atoms with van der Waals surface area (Å²) in [5.74, 6) is 0.0412. The van der Waals surface area contributed by atoms with Gasteiger partial charge in [0.25, 0.3) is 11.8 Å². The molecule has 6 nitrogen and oxygen atoms in total. The average Bonchev–Trinajstić information content (AvgIpc) is 3.24. The largest absolute Gasteiger partial charge is 0.471 e. The molecule has 1 aliphatic rings. The number of nitrogens with zero attached hydrogens (tertiary/aromatic N) is 2. The fourth-order valence-electron chi connectivity index (χ4n) is 3.61. The van der Waals surface area contributed by atoms with Crippen LogP contribution in [0.25, 0.3) is 0 Å². The average molecular weight is 383 g/mol. The van der Waals surface area contributed by atoms with Gasteiger partial charge in [-0.15, -0.1) is 0 Å². The number of aromatic nitrogens is 1. The molecule has 1 N–H and O–H groups in total. The molecule has 1 aliphatic heterocycles. The SMILES string of the molecule is Cc1cocc1C(=O)NCC1CC(C)N(C(=O)c2ccc(C(C)(C)C)cn2)C1. The third kappa shape index (κ3) is 4.26. The van der Waals surface area contributed by atoms with Crippen molar-refractivity contribution in [2.75, 3.05) is 13.1 Å². The number of hydrogen-bond donors (Lipinski definition) is 1. The van der Waals surface area contributed by atoms with Crippen LogP contribution < -0.4 is 5.32 Å². The first-order valence-electron chi connectivity index (χ1n) is 9.75. The Morgan fingerprint density at radius 1 is 1.29 bits per heavy atom. The van der Waals surface area contributed by atoms with Crippen molar-refractivity contribution in [3.05, 3.63) is 53.2 Å². The number of carbonyl (C=O) groups is 2. The number of furan rings is 1. The van der Waals surface area contributed by atoms with Crippen molar-refractivity contribution in [3.8, 4) is 0 Å². The molecule has 0 saturated carbocycles. The highest BCUT2D eigenvalue weighted by Crippen LogP contribution is 2.25. The molecule has 3 heterocycles. The van der Waals surface area contributed by atoms with Gasteiger partial charge >= 0.3 is 0 Å². The summed E-state index contributed by atoms with van der Waals surface area (Å²) >= 11 is 0. The molecule has 2 aromatic rings. The molecule has 2 unspecified atom stereocenters. The van der Waals surface area contributed by atoms with Gasteiger partial charge in [-0.25, -0.2) is 0 Å². The summed E-state index contributed by atoms with van der Waals surface area (Å²) in [7, 11) is 0. The van der Waals surface area contributed by atoms with E-state index in [0.29, 0.717) is 24.3 Å². The number of likely N-dealkylation sites (tertiary alicyclic amines) is 1. The van der Waals surface area contributed by atoms with Gasteiger partial charge in [-0.1, -0.05) is 26.8 Å². The summed E-state index contributed by atoms with van der Waals surface area (Å²) < 4.78 is 5.06. The van der Waals surface area contributed by atoms with Crippen LogP contribution in [0.15, 0.2) is 35.3 Å². The lowest BCUT2D eigenvalue weighted by atomic mass is 9.88. The van der Waals surface area contributed by atoms with Crippen LogP contribution in [0.1, 0.15) is 66.1 Å². The lowest BCUT2D eigenvalue weighted by Crippen LogP contribution is -2.35. The zero-order valence-corrected chi connectivity index (χ0v) is 17.3. The Morgan fingerprint density at radius 3 is 2.61 bits per heavy atom. The summed E-state index contributed by atoms with van der Waals surface area (Å²) in [5.41, 5.74) is 2.96. The molecule has 1 fully saturated rings. The van der Waals surface area contributed by atoms with Gasteiger partial charge in [-0.2, -0.15) is 0 Å². The molecule has 0 bridgehead atoms. The Labute approximate surface area is 166 Å². The predicted octanol–water partition coefficient (Wildman–Crippen LogP) is 3.56. The number of amides is 2. The molecule has 6 heteroatoms. The van der Waals surface area contributed by atoms with Gasteiger partial charge in [-0.05, 0) is 48.8 Å². The van der Waals surface area contributed by atoms with E-state index in [0.717, 1.165) is 17.5 Å². The third-order valence-corrected chi connectivity index (χ3v) is 5.42. The van der Waals surface area contributed by atoms with E-state index in [9.17, 15) is 9.59 Å². The number of pyridine rings is 1. The molecule has 0 radical (unpaired) electrons. The number of nitrogens with one attached hydrogen (secondary N) is 1. The van der Waals surface area contributed by atoms with Crippen molar-refractivity contribution in [1.82, 2.24) is 15.2 Å². The Morgan fingerprint density at radius 2 is 2.04 bits per heavy atom. The lowest BCUT2D eigenvalue weighted by Gasteiger charge is -2.22. The first-order valence-corrected chi connectivity index (χ1v) is 9.75. The van der Waals surface area contributed by atoms with Crippen LogP contribution in [0, 0.1) is 12.8 Å². The smallest absolute Gasteiger partial charge is 0.272 e. The van der Waals surface area contributed by atoms with E-state index in [4.69, 9.17) is 4.42 Å². The molecule has 2 atom stereocenters. The van der Waals surface area contributed by atoms with Crippen LogP contribution in [-0.4, -0.2) is 40.8 Å². The van der Waals surface area contributed by atoms with E-state index < -0.39 is 0 Å². The minimum absolute atomic E-state index is 0.00611. The lowest BCUT2D eigenvalue weighted by molar-refractivity contribution is 0.0737. The first-order chi connectivity index (χ1) is 13.2. The van der Waals surface area contributed by atoms with Crippen molar-refractivity contribution in [2.24, 2.45) is 5.92 Å². The van der Waals surface area contributed by atoms with Gasteiger partial charge in [-0.3, -0.25) is 14.6 Å². The maximum Gasteiger partial charge on any atom is 0.272 e. The normalized spacial score (nSPS) is 19.7. The van der Waals surface area contributed by atoms with Crippen LogP contribution in [0.3, 0.4) is 0 Å². The number of aryl methyl sites for hydroxylation is 1. The second kappa shape index (κ2) is 7.78. The maximum atomic E-state index is 12.9. The molecule has 28 heavy (non-hydrogen) atoms. The molecule has 150 valence electrons. The summed E-state index contributed by atoms with van der Waals surface area (Å²) in [4.78, 5) is 31.4. The summed E-state index contributed by atoms with van der Waals surface area (Å²) in [6, 6.07) is 3.91. The molecule has 2 amide bonds. The zero-order valence-electron chi connectivity index (χ0n) is 17.3. The summed E-state index contributed by atoms with van der Waals surface area (Å²) in [6.45, 7) is 11.4. The Bertz CT molecular complexity index is 849. The van der Waals surface area contributed by atoms with Gasteiger partial charge < -0.3 is 14.6 Å². The fraction of sp³-hybridized carbons (Fsp3) is 0.500. The van der Waals surface area contributed by atoms with Crippen LogP contribution in [0.5, 0.6) is 0 Å². The molecule has 3 rings (SSSR count). The molecule has 0 aromatic carbocycles. The van der Waals surface area contributed by atoms with Crippen LogP contribution in [0.4, 0.5) is 0 Å². The third-order valence-electron chi connectivity index (χ3n) is 5.42. The zero-order chi connectivity index (χ0) is 20.5. The molecular formula is C22H29N3O3. The van der Waals surface area contributed by atoms with Crippen molar-refractivity contribution >= 4 is 11.8 Å². The number of hydrogen-bond acceptors (Lipinski definition) is 4. The van der Waals surface area contributed by atoms with Crippen molar-refractivity contribution in [3.63, 3.8) is 0 Å². The topological polar surface area (TPSA) is 75.4 Å². The second-order valence-electron chi connectivity index (χ2n) is 8.77. The van der Waals surface area contributed by atoms with Gasteiger partial charge in [0, 0.05) is 25.3 Å². The Kier molecular flexibility index (Phi) is 5.59. The monoisotopic (exact) mass is 383 g/mol. The van der Waals surface area contributed by atoms with E-state index in [1.54, 1.807) is 12.5 Å². The van der Waals surface area contributed by atoms with Gasteiger partial charge in [0.2, 0.25) is 0 Å². The van der Waals surface area contributed by atoms with Crippen LogP contribution in [-0.2, 0) is 5.41 Å². The van der Waals surface area contributed by atoms with E-state index in [-0.39, 0.29) is 29.2 Å². The Hall–Kier alpha value is -2.63. The standard InChI is InChI=1S/C22H29N3O3/c1-14-12-28-13-18(14)20(26)24-9-16-8-15(2)25(11-16)21(27)19-7-6-17(10-23-19)22(3,4)5/h6-7,10,12-13,15-16H,8-9,11H2,1-5H3,(H,24,26). The van der Waals surface area contributed by atoms with Crippen molar-refractivity contribution < 1.29 is 14.0 Å². The maximum absolute atomic E-state index is 12.9. The summed E-state index contributed by atoms with van der Waals surface area (Å²) in [6.07, 6.45) is 5.67. The van der Waals surface area contributed by atoms with Crippen LogP contribution >= 0.6 is 0 Å². The molecule has 2 aromatic heterocycles. The number of carbonyl (C=O) groups excluding carboxylic acids is 2. The first kappa shape index (κ1) is 20.1. The summed E-state index contributed by atoms with van der Waals surface area (Å²) in [5, 5.41) is 2.96. The minimum Gasteiger partial charge on any atom is -0.471 e. The quantitative estimate of drug-likeness (QED) is 0.876. The highest BCUT2D eigenvalue weighted by Gasteiger charge is 2.33. The fourth-order valence-corrected chi connectivity index (χ4v) is 3.61. The van der Waals surface area contributed by atoms with Crippen LogP contribution in [0.2, 0.25) is 0 Å². The highest BCUT2D eigenvalue weighted by molar-refractivity contribution is 5.95. The van der Waals surface area contributed by atoms with E-state index in [1.807, 2.05) is 30.9 Å². The predicted molar refractivity (Wildman–Crippen MR) is 107 cm³/mol. The van der Waals surface area contributed by atoms with Gasteiger partial charge in [0.1, 0.15) is 12.0 Å². The second-order valence-corrected chi connectivity index (χ2v) is 8.77. The minimum atomic E-state index is -0.136. The molecule has 0 aliphatic carbocycles. The van der Waals surface area contributed by atoms with Gasteiger partial charge in [0.15, 0.2) is 0 Å². The number of rotatable bonds is 4. The Balaban J connectivity index is 1.59. The highest BCUT2D eigenvalue weighted by atomic mass is 16.3. The molecule has 0 spiro atoms. The van der Waals surface area contributed by atoms with E-state index in [2.05, 4.69) is 31.1 Å². The van der Waals surface area contributed by atoms with E-state index >= 15 is 0 Å². The molecular weight excluding hydrogens is 354 g/mol. The van der Waals surface area contributed by atoms with Crippen molar-refractivity contribution in [2.45, 2.75) is 52.5 Å². The van der Waals surface area contributed by atoms with Crippen molar-refractivity contribution in [1.29, 1.82) is 0 Å². The molecule has 1 saturated heterocycles. The van der Waals surface area contributed by atoms with Gasteiger partial charge in [0.05, 0.1) is 11.8 Å². The van der Waals surface area contributed by atoms with E-state index in [1.165, 1.54) is 6.26 Å².